The van der Waals surface area contributed by atoms with E-state index in [1.54, 1.807) is 35.0 Å². The number of aromatic nitrogens is 3. The van der Waals surface area contributed by atoms with Crippen LogP contribution in [0.25, 0.3) is 11.2 Å². The summed E-state index contributed by atoms with van der Waals surface area (Å²) in [6.45, 7) is 5.03. The normalized spacial score (nSPS) is 14.1. The zero-order chi connectivity index (χ0) is 25.9. The fourth-order valence-electron chi connectivity index (χ4n) is 4.70. The summed E-state index contributed by atoms with van der Waals surface area (Å²) in [5.74, 6) is 0.0816. The van der Waals surface area contributed by atoms with E-state index in [0.717, 1.165) is 11.1 Å². The molecule has 1 N–H and O–H groups in total. The lowest BCUT2D eigenvalue weighted by Crippen LogP contribution is -2.42. The first-order valence-electron chi connectivity index (χ1n) is 12.5. The van der Waals surface area contributed by atoms with Gasteiger partial charge in [0.2, 0.25) is 5.91 Å². The molecule has 8 nitrogen and oxygen atoms in total. The molecule has 1 aliphatic rings. The van der Waals surface area contributed by atoms with Crippen LogP contribution in [-0.2, 0) is 11.3 Å². The van der Waals surface area contributed by atoms with Crippen LogP contribution < -0.4 is 15.8 Å². The van der Waals surface area contributed by atoms with Gasteiger partial charge in [-0.25, -0.2) is 9.97 Å². The molecule has 1 amide bonds. The Kier molecular flexibility index (Phi) is 6.81. The van der Waals surface area contributed by atoms with Crippen molar-refractivity contribution in [2.45, 2.75) is 33.2 Å². The predicted molar refractivity (Wildman–Crippen MR) is 144 cm³/mol. The zero-order valence-corrected chi connectivity index (χ0v) is 21.0. The molecule has 0 spiro atoms. The van der Waals surface area contributed by atoms with Gasteiger partial charge in [-0.1, -0.05) is 42.0 Å². The first-order valence-corrected chi connectivity index (χ1v) is 12.5. The molecule has 0 aliphatic carbocycles. The van der Waals surface area contributed by atoms with Gasteiger partial charge in [0.1, 0.15) is 5.52 Å². The number of carbonyl (C=O) groups excluding carboxylic acids is 2. The number of benzene rings is 2. The summed E-state index contributed by atoms with van der Waals surface area (Å²) < 4.78 is 1.68. The summed E-state index contributed by atoms with van der Waals surface area (Å²) in [7, 11) is 0. The number of hydrogen-bond donors (Lipinski definition) is 1. The summed E-state index contributed by atoms with van der Waals surface area (Å²) in [6.07, 6.45) is 2.87. The van der Waals surface area contributed by atoms with Crippen molar-refractivity contribution in [3.63, 3.8) is 0 Å². The number of nitrogens with zero attached hydrogens (tertiary/aromatic N) is 4. The van der Waals surface area contributed by atoms with Crippen LogP contribution in [-0.4, -0.2) is 39.3 Å². The lowest BCUT2D eigenvalue weighted by molar-refractivity contribution is -0.120. The predicted octanol–water partition coefficient (Wildman–Crippen LogP) is 4.21. The van der Waals surface area contributed by atoms with Crippen molar-refractivity contribution in [2.24, 2.45) is 5.92 Å². The number of pyridine rings is 1. The number of hydrogen-bond acceptors (Lipinski definition) is 6. The minimum atomic E-state index is -0.186. The Morgan fingerprint density at radius 2 is 1.78 bits per heavy atom. The standard InChI is InChI=1S/C29H29N5O3/c1-19-8-10-21(11-9-19)18-34-26-25(7-4-14-30-26)32-27(29(34)37)33-15-12-22(13-16-33)28(36)31-24-6-3-5-23(17-24)20(2)35/h3-11,14,17,22H,12-13,15-16,18H2,1-2H3,(H,31,36). The molecule has 1 fully saturated rings. The van der Waals surface area contributed by atoms with Crippen LogP contribution in [0.15, 0.2) is 71.7 Å². The van der Waals surface area contributed by atoms with Crippen molar-refractivity contribution in [1.82, 2.24) is 14.5 Å². The van der Waals surface area contributed by atoms with Crippen molar-refractivity contribution >= 4 is 34.4 Å². The number of fused-ring (bicyclic) bond motifs is 1. The summed E-state index contributed by atoms with van der Waals surface area (Å²) in [5, 5.41) is 2.94. The average Bonchev–Trinajstić information content (AvgIpc) is 2.91. The van der Waals surface area contributed by atoms with E-state index in [0.29, 0.717) is 60.7 Å². The van der Waals surface area contributed by atoms with Crippen molar-refractivity contribution in [1.29, 1.82) is 0 Å². The molecule has 2 aromatic carbocycles. The average molecular weight is 496 g/mol. The molecular formula is C29H29N5O3. The Bertz CT molecular complexity index is 1520. The Hall–Kier alpha value is -4.33. The van der Waals surface area contributed by atoms with E-state index in [-0.39, 0.29) is 23.2 Å². The topological polar surface area (TPSA) is 97.2 Å². The van der Waals surface area contributed by atoms with E-state index < -0.39 is 0 Å². The summed E-state index contributed by atoms with van der Waals surface area (Å²) in [4.78, 5) is 49.3. The fraction of sp³-hybridized carbons (Fsp3) is 0.276. The van der Waals surface area contributed by atoms with Crippen molar-refractivity contribution in [2.75, 3.05) is 23.3 Å². The molecule has 4 aromatic rings. The molecule has 1 saturated heterocycles. The molecule has 5 rings (SSSR count). The third-order valence-electron chi connectivity index (χ3n) is 6.85. The van der Waals surface area contributed by atoms with Crippen molar-refractivity contribution < 1.29 is 9.59 Å². The molecule has 188 valence electrons. The summed E-state index contributed by atoms with van der Waals surface area (Å²) in [5.41, 5.74) is 4.38. The maximum absolute atomic E-state index is 13.6. The molecule has 0 atom stereocenters. The highest BCUT2D eigenvalue weighted by Gasteiger charge is 2.28. The quantitative estimate of drug-likeness (QED) is 0.403. The molecule has 8 heteroatoms. The Balaban J connectivity index is 1.34. The first-order chi connectivity index (χ1) is 17.9. The van der Waals surface area contributed by atoms with E-state index in [4.69, 9.17) is 0 Å². The molecule has 1 aliphatic heterocycles. The molecule has 0 bridgehead atoms. The van der Waals surface area contributed by atoms with Crippen LogP contribution in [0.4, 0.5) is 11.5 Å². The van der Waals surface area contributed by atoms with Gasteiger partial charge in [0, 0.05) is 36.5 Å². The zero-order valence-electron chi connectivity index (χ0n) is 21.0. The summed E-state index contributed by atoms with van der Waals surface area (Å²) in [6, 6.07) is 18.8. The Labute approximate surface area is 215 Å². The number of amides is 1. The second-order valence-corrected chi connectivity index (χ2v) is 9.55. The summed E-state index contributed by atoms with van der Waals surface area (Å²) >= 11 is 0. The molecule has 0 saturated carbocycles. The number of piperidine rings is 1. The van der Waals surface area contributed by atoms with E-state index >= 15 is 0 Å². The highest BCUT2D eigenvalue weighted by atomic mass is 16.2. The molecule has 37 heavy (non-hydrogen) atoms. The maximum Gasteiger partial charge on any atom is 0.295 e. The van der Waals surface area contributed by atoms with Gasteiger partial charge < -0.3 is 10.2 Å². The maximum atomic E-state index is 13.6. The highest BCUT2D eigenvalue weighted by Crippen LogP contribution is 2.23. The smallest absolute Gasteiger partial charge is 0.295 e. The van der Waals surface area contributed by atoms with Crippen LogP contribution >= 0.6 is 0 Å². The van der Waals surface area contributed by atoms with Crippen LogP contribution in [0, 0.1) is 12.8 Å². The lowest BCUT2D eigenvalue weighted by atomic mass is 9.95. The molecular weight excluding hydrogens is 466 g/mol. The SMILES string of the molecule is CC(=O)c1cccc(NC(=O)C2CCN(c3nc4cccnc4n(Cc4ccc(C)cc4)c3=O)CC2)c1. The van der Waals surface area contributed by atoms with Gasteiger partial charge in [0.15, 0.2) is 17.2 Å². The number of aryl methyl sites for hydroxylation is 1. The van der Waals surface area contributed by atoms with Crippen LogP contribution in [0.2, 0.25) is 0 Å². The van der Waals surface area contributed by atoms with Crippen LogP contribution in [0.5, 0.6) is 0 Å². The van der Waals surface area contributed by atoms with Gasteiger partial charge in [0.25, 0.3) is 5.56 Å². The van der Waals surface area contributed by atoms with E-state index in [1.807, 2.05) is 48.2 Å². The van der Waals surface area contributed by atoms with Gasteiger partial charge >= 0.3 is 0 Å². The molecule has 0 unspecified atom stereocenters. The number of carbonyl (C=O) groups is 2. The monoisotopic (exact) mass is 495 g/mol. The number of rotatable bonds is 6. The Morgan fingerprint density at radius 1 is 1.03 bits per heavy atom. The van der Waals surface area contributed by atoms with E-state index in [2.05, 4.69) is 15.3 Å². The van der Waals surface area contributed by atoms with Gasteiger partial charge in [-0.2, -0.15) is 0 Å². The third kappa shape index (κ3) is 5.28. The number of ketones is 1. The molecule has 2 aromatic heterocycles. The van der Waals surface area contributed by atoms with Crippen molar-refractivity contribution in [3.8, 4) is 0 Å². The molecule has 3 heterocycles. The van der Waals surface area contributed by atoms with Gasteiger partial charge in [0.05, 0.1) is 6.54 Å². The number of Topliss-reactive ketones (excluding diaryl/α,β-unsaturated/α-hetero) is 1. The minimum absolute atomic E-state index is 0.0458. The third-order valence-corrected chi connectivity index (χ3v) is 6.85. The second-order valence-electron chi connectivity index (χ2n) is 9.55. The van der Waals surface area contributed by atoms with E-state index in [1.165, 1.54) is 6.92 Å². The van der Waals surface area contributed by atoms with Gasteiger partial charge in [-0.3, -0.25) is 19.0 Å². The minimum Gasteiger partial charge on any atom is -0.352 e. The first kappa shape index (κ1) is 24.4. The van der Waals surface area contributed by atoms with Crippen molar-refractivity contribution in [3.05, 3.63) is 93.9 Å². The van der Waals surface area contributed by atoms with Gasteiger partial charge in [-0.05, 0) is 56.5 Å². The number of nitrogens with one attached hydrogen (secondary N) is 1. The van der Waals surface area contributed by atoms with Crippen LogP contribution in [0.3, 0.4) is 0 Å². The van der Waals surface area contributed by atoms with E-state index in [9.17, 15) is 14.4 Å². The largest absolute Gasteiger partial charge is 0.352 e. The van der Waals surface area contributed by atoms with Crippen LogP contribution in [0.1, 0.15) is 41.3 Å². The number of anilines is 2. The van der Waals surface area contributed by atoms with Gasteiger partial charge in [-0.15, -0.1) is 0 Å². The molecule has 0 radical (unpaired) electrons. The lowest BCUT2D eigenvalue weighted by Gasteiger charge is -2.32. The highest BCUT2D eigenvalue weighted by molar-refractivity contribution is 5.97. The second kappa shape index (κ2) is 10.3. The fourth-order valence-corrected chi connectivity index (χ4v) is 4.70. The Morgan fingerprint density at radius 3 is 2.51 bits per heavy atom.